The van der Waals surface area contributed by atoms with Crippen LogP contribution in [0.5, 0.6) is 0 Å². The Hall–Kier alpha value is -2.93. The van der Waals surface area contributed by atoms with Crippen molar-refractivity contribution >= 4 is 29.2 Å². The van der Waals surface area contributed by atoms with E-state index in [9.17, 15) is 19.7 Å². The normalized spacial score (nSPS) is 10.2. The summed E-state index contributed by atoms with van der Waals surface area (Å²) in [5.74, 6) is -1.42. The molecular weight excluding hydrogens is 360 g/mol. The Bertz CT molecular complexity index is 795. The zero-order valence-electron chi connectivity index (χ0n) is 13.8. The van der Waals surface area contributed by atoms with Crippen molar-refractivity contribution in [2.45, 2.75) is 12.8 Å². The van der Waals surface area contributed by atoms with E-state index in [1.165, 1.54) is 17.7 Å². The van der Waals surface area contributed by atoms with Gasteiger partial charge >= 0.3 is 5.97 Å². The molecule has 0 fully saturated rings. The first kappa shape index (κ1) is 19.4. The van der Waals surface area contributed by atoms with Crippen LogP contribution in [0, 0.1) is 10.1 Å². The highest BCUT2D eigenvalue weighted by Crippen LogP contribution is 2.23. The third-order valence-corrected chi connectivity index (χ3v) is 3.75. The van der Waals surface area contributed by atoms with Gasteiger partial charge in [-0.15, -0.1) is 0 Å². The van der Waals surface area contributed by atoms with Crippen LogP contribution in [-0.4, -0.2) is 30.0 Å². The van der Waals surface area contributed by atoms with Gasteiger partial charge in [0.15, 0.2) is 6.61 Å². The summed E-state index contributed by atoms with van der Waals surface area (Å²) in [6.45, 7) is -0.0731. The molecule has 1 N–H and O–H groups in total. The molecular formula is C18H17ClN2O5. The van der Waals surface area contributed by atoms with Gasteiger partial charge < -0.3 is 10.1 Å². The lowest BCUT2D eigenvalue weighted by Gasteiger charge is -2.07. The second-order valence-electron chi connectivity index (χ2n) is 5.43. The average molecular weight is 377 g/mol. The van der Waals surface area contributed by atoms with Crippen molar-refractivity contribution in [2.24, 2.45) is 0 Å². The Morgan fingerprint density at radius 2 is 1.88 bits per heavy atom. The van der Waals surface area contributed by atoms with Crippen LogP contribution < -0.4 is 5.32 Å². The van der Waals surface area contributed by atoms with E-state index in [1.54, 1.807) is 0 Å². The molecule has 1 amide bonds. The highest BCUT2D eigenvalue weighted by molar-refractivity contribution is 6.31. The molecule has 2 rings (SSSR count). The van der Waals surface area contributed by atoms with Crippen LogP contribution in [0.2, 0.25) is 5.02 Å². The molecule has 0 saturated heterocycles. The number of carbonyl (C=O) groups is 2. The maximum Gasteiger partial charge on any atom is 0.345 e. The lowest BCUT2D eigenvalue weighted by atomic mass is 10.1. The minimum Gasteiger partial charge on any atom is -0.452 e. The summed E-state index contributed by atoms with van der Waals surface area (Å²) in [5, 5.41) is 13.7. The van der Waals surface area contributed by atoms with Crippen molar-refractivity contribution in [3.63, 3.8) is 0 Å². The Morgan fingerprint density at radius 1 is 1.15 bits per heavy atom. The van der Waals surface area contributed by atoms with Crippen LogP contribution in [-0.2, 0) is 16.0 Å². The van der Waals surface area contributed by atoms with Gasteiger partial charge in [0, 0.05) is 17.6 Å². The molecule has 2 aromatic carbocycles. The fourth-order valence-corrected chi connectivity index (χ4v) is 2.42. The molecule has 0 aliphatic heterocycles. The van der Waals surface area contributed by atoms with E-state index < -0.39 is 29.1 Å². The average Bonchev–Trinajstić information content (AvgIpc) is 2.64. The van der Waals surface area contributed by atoms with Crippen molar-refractivity contribution in [3.05, 3.63) is 74.8 Å². The SMILES string of the molecule is O=C(COC(=O)c1ccc(Cl)cc1[N+](=O)[O-])NCCCc1ccccc1. The highest BCUT2D eigenvalue weighted by atomic mass is 35.5. The van der Waals surface area contributed by atoms with Crippen molar-refractivity contribution in [1.29, 1.82) is 0 Å². The lowest BCUT2D eigenvalue weighted by molar-refractivity contribution is -0.385. The molecule has 0 spiro atoms. The summed E-state index contributed by atoms with van der Waals surface area (Å²) in [7, 11) is 0. The molecule has 136 valence electrons. The van der Waals surface area contributed by atoms with E-state index in [1.807, 2.05) is 30.3 Å². The zero-order valence-corrected chi connectivity index (χ0v) is 14.6. The van der Waals surface area contributed by atoms with Gasteiger partial charge in [-0.1, -0.05) is 41.9 Å². The first-order chi connectivity index (χ1) is 12.5. The topological polar surface area (TPSA) is 98.5 Å². The van der Waals surface area contributed by atoms with Crippen LogP contribution in [0.4, 0.5) is 5.69 Å². The van der Waals surface area contributed by atoms with Gasteiger partial charge in [-0.3, -0.25) is 14.9 Å². The summed E-state index contributed by atoms with van der Waals surface area (Å²) in [5.41, 5.74) is 0.449. The monoisotopic (exact) mass is 376 g/mol. The number of nitrogens with one attached hydrogen (secondary N) is 1. The molecule has 8 heteroatoms. The summed E-state index contributed by atoms with van der Waals surface area (Å²) in [6, 6.07) is 13.4. The van der Waals surface area contributed by atoms with E-state index in [4.69, 9.17) is 16.3 Å². The van der Waals surface area contributed by atoms with E-state index in [0.717, 1.165) is 18.9 Å². The molecule has 0 saturated carbocycles. The molecule has 7 nitrogen and oxygen atoms in total. The number of amides is 1. The molecule has 26 heavy (non-hydrogen) atoms. The summed E-state index contributed by atoms with van der Waals surface area (Å²) < 4.78 is 4.84. The molecule has 0 radical (unpaired) electrons. The molecule has 0 heterocycles. The number of benzene rings is 2. The predicted octanol–water partition coefficient (Wildman–Crippen LogP) is 3.15. The second kappa shape index (κ2) is 9.53. The van der Waals surface area contributed by atoms with Crippen molar-refractivity contribution < 1.29 is 19.2 Å². The van der Waals surface area contributed by atoms with Gasteiger partial charge in [-0.25, -0.2) is 4.79 Å². The van der Waals surface area contributed by atoms with E-state index in [2.05, 4.69) is 5.32 Å². The minimum atomic E-state index is -0.951. The molecule has 0 bridgehead atoms. The quantitative estimate of drug-likeness (QED) is 0.330. The first-order valence-corrected chi connectivity index (χ1v) is 8.27. The number of rotatable bonds is 8. The van der Waals surface area contributed by atoms with Gasteiger partial charge in [-0.05, 0) is 30.5 Å². The number of hydrogen-bond acceptors (Lipinski definition) is 5. The third-order valence-electron chi connectivity index (χ3n) is 3.52. The molecule has 0 atom stereocenters. The number of nitrogens with zero attached hydrogens (tertiary/aromatic N) is 1. The zero-order chi connectivity index (χ0) is 18.9. The number of ether oxygens (including phenoxy) is 1. The van der Waals surface area contributed by atoms with Crippen LogP contribution in [0.1, 0.15) is 22.3 Å². The molecule has 0 unspecified atom stereocenters. The molecule has 0 aliphatic rings. The standard InChI is InChI=1S/C18H17ClN2O5/c19-14-8-9-15(16(11-14)21(24)25)18(23)26-12-17(22)20-10-4-7-13-5-2-1-3-6-13/h1-3,5-6,8-9,11H,4,7,10,12H2,(H,20,22). The Balaban J connectivity index is 1.77. The lowest BCUT2D eigenvalue weighted by Crippen LogP contribution is -2.29. The number of halogens is 1. The number of nitro groups is 1. The van der Waals surface area contributed by atoms with Crippen molar-refractivity contribution in [3.8, 4) is 0 Å². The Labute approximate surface area is 155 Å². The predicted molar refractivity (Wildman–Crippen MR) is 96.2 cm³/mol. The second-order valence-corrected chi connectivity index (χ2v) is 5.87. The molecule has 0 aliphatic carbocycles. The van der Waals surface area contributed by atoms with Crippen LogP contribution in [0.15, 0.2) is 48.5 Å². The number of nitro benzene ring substituents is 1. The fraction of sp³-hybridized carbons (Fsp3) is 0.222. The minimum absolute atomic E-state index is 0.129. The molecule has 0 aromatic heterocycles. The summed E-state index contributed by atoms with van der Waals surface area (Å²) in [4.78, 5) is 33.9. The van der Waals surface area contributed by atoms with Crippen LogP contribution >= 0.6 is 11.6 Å². The van der Waals surface area contributed by atoms with Gasteiger partial charge in [0.1, 0.15) is 5.56 Å². The number of hydrogen-bond donors (Lipinski definition) is 1. The van der Waals surface area contributed by atoms with E-state index in [0.29, 0.717) is 6.54 Å². The summed E-state index contributed by atoms with van der Waals surface area (Å²) >= 11 is 5.69. The number of esters is 1. The first-order valence-electron chi connectivity index (χ1n) is 7.89. The summed E-state index contributed by atoms with van der Waals surface area (Å²) in [6.07, 6.45) is 1.56. The largest absolute Gasteiger partial charge is 0.452 e. The smallest absolute Gasteiger partial charge is 0.345 e. The number of aryl methyl sites for hydroxylation is 1. The third kappa shape index (κ3) is 5.86. The Morgan fingerprint density at radius 3 is 2.58 bits per heavy atom. The van der Waals surface area contributed by atoms with Crippen LogP contribution in [0.3, 0.4) is 0 Å². The van der Waals surface area contributed by atoms with Gasteiger partial charge in [-0.2, -0.15) is 0 Å². The van der Waals surface area contributed by atoms with Crippen molar-refractivity contribution in [2.75, 3.05) is 13.2 Å². The number of carbonyl (C=O) groups excluding carboxylic acids is 2. The van der Waals surface area contributed by atoms with E-state index >= 15 is 0 Å². The van der Waals surface area contributed by atoms with Gasteiger partial charge in [0.05, 0.1) is 4.92 Å². The van der Waals surface area contributed by atoms with Crippen molar-refractivity contribution in [1.82, 2.24) is 5.32 Å². The highest BCUT2D eigenvalue weighted by Gasteiger charge is 2.22. The molecule has 2 aromatic rings. The van der Waals surface area contributed by atoms with Crippen LogP contribution in [0.25, 0.3) is 0 Å². The maximum atomic E-state index is 12.0. The maximum absolute atomic E-state index is 12.0. The van der Waals surface area contributed by atoms with Gasteiger partial charge in [0.25, 0.3) is 11.6 Å². The van der Waals surface area contributed by atoms with Gasteiger partial charge in [0.2, 0.25) is 0 Å². The van der Waals surface area contributed by atoms with E-state index in [-0.39, 0.29) is 10.6 Å². The Kier molecular flexibility index (Phi) is 7.11. The fourth-order valence-electron chi connectivity index (χ4n) is 2.25.